The standard InChI is InChI=1S/C18H25N5O/c1-23-16(7-9-22-23)17-13(8-10-24-17)11-19-18-14-5-3-2-4-6-15(14)20-12-21-18/h7,9,12-13,17H,2-6,8,10-11H2,1H3,(H,19,20,21)/t13-,17+/m0/s1. The summed E-state index contributed by atoms with van der Waals surface area (Å²) in [6.07, 6.45) is 10.7. The van der Waals surface area contributed by atoms with Crippen LogP contribution in [0.1, 0.15) is 48.7 Å². The maximum atomic E-state index is 5.98. The molecule has 0 aromatic carbocycles. The van der Waals surface area contributed by atoms with Crippen molar-refractivity contribution >= 4 is 5.82 Å². The Labute approximate surface area is 142 Å². The molecule has 1 aliphatic heterocycles. The Balaban J connectivity index is 1.48. The van der Waals surface area contributed by atoms with Crippen LogP contribution in [0.2, 0.25) is 0 Å². The summed E-state index contributed by atoms with van der Waals surface area (Å²) < 4.78 is 7.89. The van der Waals surface area contributed by atoms with Crippen molar-refractivity contribution in [2.45, 2.75) is 44.6 Å². The molecule has 128 valence electrons. The molecule has 1 fully saturated rings. The van der Waals surface area contributed by atoms with Crippen LogP contribution in [0.3, 0.4) is 0 Å². The average Bonchev–Trinajstić information content (AvgIpc) is 3.14. The van der Waals surface area contributed by atoms with Crippen molar-refractivity contribution in [3.63, 3.8) is 0 Å². The summed E-state index contributed by atoms with van der Waals surface area (Å²) in [4.78, 5) is 9.02. The van der Waals surface area contributed by atoms with E-state index in [4.69, 9.17) is 4.74 Å². The van der Waals surface area contributed by atoms with E-state index in [1.807, 2.05) is 17.9 Å². The fourth-order valence-electron chi connectivity index (χ4n) is 3.91. The number of aromatic nitrogens is 4. The van der Waals surface area contributed by atoms with E-state index < -0.39 is 0 Å². The number of rotatable bonds is 4. The van der Waals surface area contributed by atoms with Gasteiger partial charge in [-0.3, -0.25) is 4.68 Å². The third-order valence-electron chi connectivity index (χ3n) is 5.27. The lowest BCUT2D eigenvalue weighted by Gasteiger charge is -2.20. The van der Waals surface area contributed by atoms with Crippen molar-refractivity contribution in [2.24, 2.45) is 13.0 Å². The van der Waals surface area contributed by atoms with Crippen LogP contribution < -0.4 is 5.32 Å². The molecule has 0 amide bonds. The first-order valence-corrected chi connectivity index (χ1v) is 8.99. The first-order valence-electron chi connectivity index (χ1n) is 8.99. The lowest BCUT2D eigenvalue weighted by molar-refractivity contribution is 0.0866. The van der Waals surface area contributed by atoms with Crippen LogP contribution in [-0.4, -0.2) is 32.9 Å². The van der Waals surface area contributed by atoms with Gasteiger partial charge in [0.25, 0.3) is 0 Å². The minimum absolute atomic E-state index is 0.116. The molecular formula is C18H25N5O. The van der Waals surface area contributed by atoms with Gasteiger partial charge in [-0.05, 0) is 38.2 Å². The van der Waals surface area contributed by atoms with Crippen LogP contribution in [0, 0.1) is 5.92 Å². The summed E-state index contributed by atoms with van der Waals surface area (Å²) in [5.41, 5.74) is 3.71. The molecule has 1 N–H and O–H groups in total. The Hall–Kier alpha value is -1.95. The second-order valence-corrected chi connectivity index (χ2v) is 6.81. The smallest absolute Gasteiger partial charge is 0.132 e. The Morgan fingerprint density at radius 1 is 1.25 bits per heavy atom. The summed E-state index contributed by atoms with van der Waals surface area (Å²) in [5, 5.41) is 7.87. The molecule has 0 unspecified atom stereocenters. The molecule has 0 bridgehead atoms. The zero-order valence-corrected chi connectivity index (χ0v) is 14.2. The number of anilines is 1. The fourth-order valence-corrected chi connectivity index (χ4v) is 3.91. The van der Waals surface area contributed by atoms with Gasteiger partial charge in [-0.15, -0.1) is 0 Å². The van der Waals surface area contributed by atoms with E-state index in [0.717, 1.165) is 43.9 Å². The van der Waals surface area contributed by atoms with Gasteiger partial charge in [0.1, 0.15) is 18.2 Å². The van der Waals surface area contributed by atoms with Crippen LogP contribution in [0.25, 0.3) is 0 Å². The van der Waals surface area contributed by atoms with Gasteiger partial charge in [0.05, 0.1) is 5.69 Å². The normalized spacial score (nSPS) is 23.7. The lowest BCUT2D eigenvalue weighted by Crippen LogP contribution is -2.21. The average molecular weight is 327 g/mol. The Bertz CT molecular complexity index is 698. The van der Waals surface area contributed by atoms with Gasteiger partial charge in [-0.25, -0.2) is 9.97 Å². The predicted octanol–water partition coefficient (Wildman–Crippen LogP) is 2.67. The monoisotopic (exact) mass is 327 g/mol. The Kier molecular flexibility index (Phi) is 4.47. The molecule has 0 spiro atoms. The van der Waals surface area contributed by atoms with Crippen molar-refractivity contribution in [1.29, 1.82) is 0 Å². The summed E-state index contributed by atoms with van der Waals surface area (Å²) in [6.45, 7) is 1.68. The molecule has 1 aliphatic carbocycles. The molecule has 3 heterocycles. The SMILES string of the molecule is Cn1nccc1[C@@H]1OCC[C@H]1CNc1ncnc2c1CCCCC2. The van der Waals surface area contributed by atoms with E-state index in [2.05, 4.69) is 26.4 Å². The first kappa shape index (κ1) is 15.6. The Morgan fingerprint density at radius 2 is 2.17 bits per heavy atom. The number of fused-ring (bicyclic) bond motifs is 1. The third-order valence-corrected chi connectivity index (χ3v) is 5.27. The maximum absolute atomic E-state index is 5.98. The molecule has 2 aromatic rings. The lowest BCUT2D eigenvalue weighted by atomic mass is 9.98. The minimum Gasteiger partial charge on any atom is -0.372 e. The van der Waals surface area contributed by atoms with E-state index in [1.165, 1.54) is 30.5 Å². The fraction of sp³-hybridized carbons (Fsp3) is 0.611. The van der Waals surface area contributed by atoms with Crippen molar-refractivity contribution in [3.05, 3.63) is 35.5 Å². The van der Waals surface area contributed by atoms with Crippen LogP contribution in [0.5, 0.6) is 0 Å². The van der Waals surface area contributed by atoms with E-state index in [-0.39, 0.29) is 6.10 Å². The van der Waals surface area contributed by atoms with Crippen molar-refractivity contribution in [2.75, 3.05) is 18.5 Å². The van der Waals surface area contributed by atoms with Crippen LogP contribution in [0.4, 0.5) is 5.82 Å². The molecule has 1 saturated heterocycles. The quantitative estimate of drug-likeness (QED) is 0.875. The van der Waals surface area contributed by atoms with Crippen molar-refractivity contribution in [1.82, 2.24) is 19.7 Å². The highest BCUT2D eigenvalue weighted by Gasteiger charge is 2.31. The van der Waals surface area contributed by atoms with E-state index >= 15 is 0 Å². The molecule has 0 saturated carbocycles. The van der Waals surface area contributed by atoms with Crippen molar-refractivity contribution in [3.8, 4) is 0 Å². The van der Waals surface area contributed by atoms with Gasteiger partial charge in [0, 0.05) is 43.6 Å². The largest absolute Gasteiger partial charge is 0.372 e. The number of nitrogens with zero attached hydrogens (tertiary/aromatic N) is 4. The zero-order valence-electron chi connectivity index (χ0n) is 14.2. The number of hydrogen-bond acceptors (Lipinski definition) is 5. The predicted molar refractivity (Wildman–Crippen MR) is 91.8 cm³/mol. The van der Waals surface area contributed by atoms with Gasteiger partial charge in [0.2, 0.25) is 0 Å². The molecule has 6 nitrogen and oxygen atoms in total. The molecule has 6 heteroatoms. The van der Waals surface area contributed by atoms with Crippen LogP contribution >= 0.6 is 0 Å². The van der Waals surface area contributed by atoms with Gasteiger partial charge in [-0.1, -0.05) is 6.42 Å². The second kappa shape index (κ2) is 6.89. The zero-order chi connectivity index (χ0) is 16.4. The highest BCUT2D eigenvalue weighted by atomic mass is 16.5. The minimum atomic E-state index is 0.116. The topological polar surface area (TPSA) is 64.9 Å². The molecule has 24 heavy (non-hydrogen) atoms. The molecule has 0 radical (unpaired) electrons. The van der Waals surface area contributed by atoms with Gasteiger partial charge in [0.15, 0.2) is 0 Å². The number of nitrogens with one attached hydrogen (secondary N) is 1. The van der Waals surface area contributed by atoms with Crippen LogP contribution in [-0.2, 0) is 24.6 Å². The summed E-state index contributed by atoms with van der Waals surface area (Å²) in [6, 6.07) is 2.06. The Morgan fingerprint density at radius 3 is 3.04 bits per heavy atom. The second-order valence-electron chi connectivity index (χ2n) is 6.81. The van der Waals surface area contributed by atoms with Gasteiger partial charge < -0.3 is 10.1 Å². The molecule has 2 atom stereocenters. The third kappa shape index (κ3) is 3.02. The number of hydrogen-bond donors (Lipinski definition) is 1. The van der Waals surface area contributed by atoms with Gasteiger partial charge >= 0.3 is 0 Å². The summed E-state index contributed by atoms with van der Waals surface area (Å²) >= 11 is 0. The van der Waals surface area contributed by atoms with Gasteiger partial charge in [-0.2, -0.15) is 5.10 Å². The summed E-state index contributed by atoms with van der Waals surface area (Å²) in [5.74, 6) is 1.47. The molecule has 2 aliphatic rings. The number of aryl methyl sites for hydroxylation is 2. The van der Waals surface area contributed by atoms with Crippen molar-refractivity contribution < 1.29 is 4.74 Å². The molecule has 4 rings (SSSR count). The first-order chi connectivity index (χ1) is 11.8. The summed E-state index contributed by atoms with van der Waals surface area (Å²) in [7, 11) is 1.98. The highest BCUT2D eigenvalue weighted by molar-refractivity contribution is 5.46. The highest BCUT2D eigenvalue weighted by Crippen LogP contribution is 2.34. The molecular weight excluding hydrogens is 302 g/mol. The maximum Gasteiger partial charge on any atom is 0.132 e. The van der Waals surface area contributed by atoms with E-state index in [0.29, 0.717) is 5.92 Å². The number of ether oxygens (including phenoxy) is 1. The van der Waals surface area contributed by atoms with E-state index in [9.17, 15) is 0 Å². The molecule has 2 aromatic heterocycles. The van der Waals surface area contributed by atoms with E-state index in [1.54, 1.807) is 6.33 Å². The van der Waals surface area contributed by atoms with Crippen LogP contribution in [0.15, 0.2) is 18.6 Å².